The second-order valence-corrected chi connectivity index (χ2v) is 7.29. The molecule has 0 fully saturated rings. The highest BCUT2D eigenvalue weighted by atomic mass is 16.5. The summed E-state index contributed by atoms with van der Waals surface area (Å²) in [7, 11) is 3.46. The van der Waals surface area contributed by atoms with Crippen LogP contribution in [0.2, 0.25) is 0 Å². The van der Waals surface area contributed by atoms with Crippen LogP contribution < -0.4 is 20.7 Å². The second kappa shape index (κ2) is 9.97. The lowest BCUT2D eigenvalue weighted by atomic mass is 10.0. The van der Waals surface area contributed by atoms with Gasteiger partial charge in [0, 0.05) is 31.7 Å². The van der Waals surface area contributed by atoms with Crippen LogP contribution in [-0.4, -0.2) is 32.2 Å². The molecule has 3 N–H and O–H groups in total. The van der Waals surface area contributed by atoms with E-state index < -0.39 is 0 Å². The molecule has 2 rings (SSSR count). The predicted octanol–water partition coefficient (Wildman–Crippen LogP) is 3.49. The number of benzene rings is 2. The van der Waals surface area contributed by atoms with Gasteiger partial charge in [0.25, 0.3) is 0 Å². The normalized spacial score (nSPS) is 13.1. The van der Waals surface area contributed by atoms with Crippen LogP contribution in [0.15, 0.2) is 59.6 Å². The van der Waals surface area contributed by atoms with Crippen molar-refractivity contribution in [2.45, 2.75) is 38.9 Å². The smallest absolute Gasteiger partial charge is 0.191 e. The Morgan fingerprint density at radius 3 is 2.30 bits per heavy atom. The van der Waals surface area contributed by atoms with Crippen LogP contribution in [0, 0.1) is 0 Å². The summed E-state index contributed by atoms with van der Waals surface area (Å²) in [6.45, 7) is 8.03. The molecule has 0 aliphatic rings. The molecule has 0 saturated heterocycles. The van der Waals surface area contributed by atoms with Gasteiger partial charge in [0.05, 0.1) is 7.11 Å². The molecule has 0 saturated carbocycles. The third-order valence-corrected chi connectivity index (χ3v) is 4.45. The van der Waals surface area contributed by atoms with E-state index in [-0.39, 0.29) is 11.6 Å². The molecule has 1 atom stereocenters. The molecule has 0 radical (unpaired) electrons. The minimum absolute atomic E-state index is 0.0903. The first-order valence-electron chi connectivity index (χ1n) is 9.33. The van der Waals surface area contributed by atoms with E-state index in [9.17, 15) is 0 Å². The predicted molar refractivity (Wildman–Crippen MR) is 113 cm³/mol. The van der Waals surface area contributed by atoms with E-state index in [4.69, 9.17) is 4.74 Å². The first-order chi connectivity index (χ1) is 12.9. The van der Waals surface area contributed by atoms with Crippen molar-refractivity contribution in [2.24, 2.45) is 4.99 Å². The zero-order valence-corrected chi connectivity index (χ0v) is 17.0. The maximum Gasteiger partial charge on any atom is 0.191 e. The molecule has 2 aromatic rings. The zero-order chi connectivity index (χ0) is 19.7. The monoisotopic (exact) mass is 368 g/mol. The third-order valence-electron chi connectivity index (χ3n) is 4.45. The van der Waals surface area contributed by atoms with Crippen molar-refractivity contribution in [1.82, 2.24) is 16.0 Å². The first kappa shape index (κ1) is 20.8. The third kappa shape index (κ3) is 6.94. The number of nitrogens with zero attached hydrogens (tertiary/aromatic N) is 1. The second-order valence-electron chi connectivity index (χ2n) is 7.29. The quantitative estimate of drug-likeness (QED) is 0.493. The van der Waals surface area contributed by atoms with E-state index in [1.54, 1.807) is 14.2 Å². The Bertz CT molecular complexity index is 711. The summed E-state index contributed by atoms with van der Waals surface area (Å²) in [6, 6.07) is 18.8. The average Bonchev–Trinajstić information content (AvgIpc) is 2.69. The molecule has 5 heteroatoms. The number of nitrogens with one attached hydrogen (secondary N) is 3. The van der Waals surface area contributed by atoms with E-state index >= 15 is 0 Å². The molecular formula is C22H32N4O. The van der Waals surface area contributed by atoms with Crippen LogP contribution in [0.1, 0.15) is 37.9 Å². The van der Waals surface area contributed by atoms with Crippen molar-refractivity contribution in [3.8, 4) is 5.75 Å². The minimum Gasteiger partial charge on any atom is -0.497 e. The van der Waals surface area contributed by atoms with Crippen LogP contribution >= 0.6 is 0 Å². The SMILES string of the molecule is CN=C(NCc1ccc(OC)cc1)NCC(C)(C)NC(C)c1ccccc1. The average molecular weight is 369 g/mol. The van der Waals surface area contributed by atoms with Crippen LogP contribution in [0.3, 0.4) is 0 Å². The fraction of sp³-hybridized carbons (Fsp3) is 0.409. The molecule has 146 valence electrons. The molecule has 27 heavy (non-hydrogen) atoms. The maximum atomic E-state index is 5.19. The highest BCUT2D eigenvalue weighted by Gasteiger charge is 2.21. The molecule has 5 nitrogen and oxygen atoms in total. The Kier molecular flexibility index (Phi) is 7.67. The molecule has 0 aliphatic heterocycles. The van der Waals surface area contributed by atoms with Crippen LogP contribution in [0.25, 0.3) is 0 Å². The van der Waals surface area contributed by atoms with Crippen molar-refractivity contribution >= 4 is 5.96 Å². The van der Waals surface area contributed by atoms with E-state index in [1.165, 1.54) is 11.1 Å². The van der Waals surface area contributed by atoms with Crippen molar-refractivity contribution in [2.75, 3.05) is 20.7 Å². The number of ether oxygens (including phenoxy) is 1. The lowest BCUT2D eigenvalue weighted by Crippen LogP contribution is -2.52. The standard InChI is InChI=1S/C22H32N4O/c1-17(19-9-7-6-8-10-19)26-22(2,3)16-25-21(23-4)24-15-18-11-13-20(27-5)14-12-18/h6-14,17,26H,15-16H2,1-5H3,(H2,23,24,25). The van der Waals surface area contributed by atoms with Crippen molar-refractivity contribution in [3.63, 3.8) is 0 Å². The zero-order valence-electron chi connectivity index (χ0n) is 17.0. The van der Waals surface area contributed by atoms with Crippen molar-refractivity contribution < 1.29 is 4.74 Å². The summed E-state index contributed by atoms with van der Waals surface area (Å²) in [4.78, 5) is 4.32. The van der Waals surface area contributed by atoms with Gasteiger partial charge in [0.1, 0.15) is 5.75 Å². The summed E-state index contributed by atoms with van der Waals surface area (Å²) < 4.78 is 5.19. The van der Waals surface area contributed by atoms with Gasteiger partial charge in [-0.15, -0.1) is 0 Å². The molecular weight excluding hydrogens is 336 g/mol. The Balaban J connectivity index is 1.82. The number of aliphatic imine (C=N–C) groups is 1. The van der Waals surface area contributed by atoms with Gasteiger partial charge in [-0.1, -0.05) is 42.5 Å². The molecule has 0 heterocycles. The van der Waals surface area contributed by atoms with Gasteiger partial charge in [-0.25, -0.2) is 0 Å². The largest absolute Gasteiger partial charge is 0.497 e. The van der Waals surface area contributed by atoms with Crippen LogP contribution in [0.5, 0.6) is 5.75 Å². The number of guanidine groups is 1. The van der Waals surface area contributed by atoms with Gasteiger partial charge in [-0.05, 0) is 44.0 Å². The maximum absolute atomic E-state index is 5.19. The van der Waals surface area contributed by atoms with Gasteiger partial charge in [-0.2, -0.15) is 0 Å². The van der Waals surface area contributed by atoms with Crippen molar-refractivity contribution in [3.05, 3.63) is 65.7 Å². The molecule has 0 aromatic heterocycles. The lowest BCUT2D eigenvalue weighted by molar-refractivity contribution is 0.345. The van der Waals surface area contributed by atoms with E-state index in [0.717, 1.165) is 18.3 Å². The number of hydrogen-bond acceptors (Lipinski definition) is 3. The summed E-state index contributed by atoms with van der Waals surface area (Å²) in [5.41, 5.74) is 2.37. The van der Waals surface area contributed by atoms with Gasteiger partial charge < -0.3 is 20.7 Å². The summed E-state index contributed by atoms with van der Waals surface area (Å²) >= 11 is 0. The van der Waals surface area contributed by atoms with E-state index in [0.29, 0.717) is 6.54 Å². The highest BCUT2D eigenvalue weighted by molar-refractivity contribution is 5.79. The number of methoxy groups -OCH3 is 1. The van der Waals surface area contributed by atoms with Gasteiger partial charge in [0.2, 0.25) is 0 Å². The molecule has 0 aliphatic carbocycles. The highest BCUT2D eigenvalue weighted by Crippen LogP contribution is 2.15. The van der Waals surface area contributed by atoms with Gasteiger partial charge >= 0.3 is 0 Å². The van der Waals surface area contributed by atoms with Crippen LogP contribution in [-0.2, 0) is 6.54 Å². The van der Waals surface area contributed by atoms with E-state index in [2.05, 4.69) is 66.0 Å². The Morgan fingerprint density at radius 2 is 1.70 bits per heavy atom. The molecule has 0 spiro atoms. The Labute approximate surface area is 163 Å². The summed E-state index contributed by atoms with van der Waals surface area (Å²) in [6.07, 6.45) is 0. The van der Waals surface area contributed by atoms with Crippen LogP contribution in [0.4, 0.5) is 0 Å². The lowest BCUT2D eigenvalue weighted by Gasteiger charge is -2.31. The number of rotatable bonds is 8. The Hall–Kier alpha value is -2.53. The van der Waals surface area contributed by atoms with E-state index in [1.807, 2.05) is 30.3 Å². The molecule has 0 amide bonds. The fourth-order valence-electron chi connectivity index (χ4n) is 2.92. The number of hydrogen-bond donors (Lipinski definition) is 3. The molecule has 2 aromatic carbocycles. The topological polar surface area (TPSA) is 57.7 Å². The first-order valence-corrected chi connectivity index (χ1v) is 9.33. The van der Waals surface area contributed by atoms with Gasteiger partial charge in [0.15, 0.2) is 5.96 Å². The van der Waals surface area contributed by atoms with Crippen molar-refractivity contribution in [1.29, 1.82) is 0 Å². The summed E-state index contributed by atoms with van der Waals surface area (Å²) in [5, 5.41) is 10.4. The molecule has 0 bridgehead atoms. The summed E-state index contributed by atoms with van der Waals surface area (Å²) in [5.74, 6) is 1.65. The molecule has 1 unspecified atom stereocenters. The van der Waals surface area contributed by atoms with Gasteiger partial charge in [-0.3, -0.25) is 4.99 Å². The fourth-order valence-corrected chi connectivity index (χ4v) is 2.92. The minimum atomic E-state index is -0.0903. The Morgan fingerprint density at radius 1 is 1.04 bits per heavy atom.